The van der Waals surface area contributed by atoms with Crippen molar-refractivity contribution in [2.24, 2.45) is 0 Å². The van der Waals surface area contributed by atoms with Crippen LogP contribution in [0, 0.1) is 5.82 Å². The third-order valence-corrected chi connectivity index (χ3v) is 5.72. The smallest absolute Gasteiger partial charge is 0.238 e. The highest BCUT2D eigenvalue weighted by atomic mass is 32.2. The lowest BCUT2D eigenvalue weighted by molar-refractivity contribution is -0.129. The summed E-state index contributed by atoms with van der Waals surface area (Å²) in [6, 6.07) is 6.06. The Morgan fingerprint density at radius 1 is 1.24 bits per heavy atom. The van der Waals surface area contributed by atoms with E-state index in [1.807, 2.05) is 4.90 Å². The van der Waals surface area contributed by atoms with Crippen LogP contribution in [0.1, 0.15) is 19.8 Å². The van der Waals surface area contributed by atoms with Gasteiger partial charge in [-0.05, 0) is 37.1 Å². The molecule has 112 valence electrons. The summed E-state index contributed by atoms with van der Waals surface area (Å²) in [5.74, 6) is 0.270. The van der Waals surface area contributed by atoms with Crippen molar-refractivity contribution in [2.45, 2.75) is 24.6 Å². The Hall–Kier alpha value is -1.56. The van der Waals surface area contributed by atoms with Crippen molar-refractivity contribution in [1.82, 2.24) is 4.90 Å². The number of hydrogen-bond donors (Lipinski definition) is 0. The maximum Gasteiger partial charge on any atom is 0.238 e. The van der Waals surface area contributed by atoms with Crippen LogP contribution in [0.25, 0.3) is 0 Å². The van der Waals surface area contributed by atoms with E-state index in [4.69, 9.17) is 0 Å². The van der Waals surface area contributed by atoms with Crippen LogP contribution in [0.2, 0.25) is 0 Å². The van der Waals surface area contributed by atoms with Crippen molar-refractivity contribution in [2.75, 3.05) is 23.7 Å². The minimum atomic E-state index is -0.307. The second kappa shape index (κ2) is 5.33. The molecule has 2 amide bonds. The number of thioether (sulfide) groups is 1. The van der Waals surface area contributed by atoms with Crippen molar-refractivity contribution in [3.8, 4) is 0 Å². The number of likely N-dealkylation sites (tertiary alicyclic amines) is 1. The summed E-state index contributed by atoms with van der Waals surface area (Å²) < 4.78 is 13.1. The molecule has 3 rings (SSSR count). The number of anilines is 1. The van der Waals surface area contributed by atoms with Gasteiger partial charge in [-0.1, -0.05) is 0 Å². The summed E-state index contributed by atoms with van der Waals surface area (Å²) in [5.41, 5.74) is 0.739. The maximum atomic E-state index is 13.1. The molecule has 2 heterocycles. The Morgan fingerprint density at radius 2 is 1.86 bits per heavy atom. The maximum absolute atomic E-state index is 13.1. The SMILES string of the molecule is CC(=O)N1CCC2(CC1)SCC(=O)N2c1ccc(F)cc1. The minimum absolute atomic E-state index is 0.0582. The van der Waals surface area contributed by atoms with Crippen molar-refractivity contribution < 1.29 is 14.0 Å². The van der Waals surface area contributed by atoms with Crippen LogP contribution in [-0.2, 0) is 9.59 Å². The number of carbonyl (C=O) groups is 2. The van der Waals surface area contributed by atoms with Gasteiger partial charge >= 0.3 is 0 Å². The fourth-order valence-electron chi connectivity index (χ4n) is 3.06. The van der Waals surface area contributed by atoms with Crippen molar-refractivity contribution in [3.05, 3.63) is 30.1 Å². The summed E-state index contributed by atoms with van der Waals surface area (Å²) in [6.45, 7) is 2.89. The normalized spacial score (nSPS) is 21.1. The molecule has 0 saturated carbocycles. The molecule has 0 atom stereocenters. The summed E-state index contributed by atoms with van der Waals surface area (Å²) in [6.07, 6.45) is 1.50. The molecule has 0 aliphatic carbocycles. The highest BCUT2D eigenvalue weighted by Crippen LogP contribution is 2.46. The second-order valence-electron chi connectivity index (χ2n) is 5.45. The highest BCUT2D eigenvalue weighted by Gasteiger charge is 2.48. The van der Waals surface area contributed by atoms with Gasteiger partial charge in [0, 0.05) is 25.7 Å². The monoisotopic (exact) mass is 308 g/mol. The molecule has 2 saturated heterocycles. The number of nitrogens with zero attached hydrogens (tertiary/aromatic N) is 2. The van der Waals surface area contributed by atoms with E-state index in [-0.39, 0.29) is 22.5 Å². The molecule has 21 heavy (non-hydrogen) atoms. The van der Waals surface area contributed by atoms with Gasteiger partial charge in [-0.25, -0.2) is 4.39 Å². The van der Waals surface area contributed by atoms with E-state index in [0.29, 0.717) is 18.8 Å². The molecule has 0 radical (unpaired) electrons. The fourth-order valence-corrected chi connectivity index (χ4v) is 4.39. The topological polar surface area (TPSA) is 40.6 Å². The molecule has 0 unspecified atom stereocenters. The van der Waals surface area contributed by atoms with Gasteiger partial charge in [0.15, 0.2) is 0 Å². The number of rotatable bonds is 1. The Bertz CT molecular complexity index is 568. The average molecular weight is 308 g/mol. The molecular formula is C15H17FN2O2S. The standard InChI is InChI=1S/C15H17FN2O2S/c1-11(19)17-8-6-15(7-9-17)18(14(20)10-21-15)13-4-2-12(16)3-5-13/h2-5H,6-10H2,1H3. The van der Waals surface area contributed by atoms with E-state index in [0.717, 1.165) is 18.5 Å². The third-order valence-electron chi connectivity index (χ3n) is 4.20. The zero-order valence-corrected chi connectivity index (χ0v) is 12.7. The first kappa shape index (κ1) is 14.4. The molecule has 1 spiro atoms. The number of amides is 2. The molecule has 2 fully saturated rings. The predicted molar refractivity (Wildman–Crippen MR) is 80.6 cm³/mol. The minimum Gasteiger partial charge on any atom is -0.343 e. The lowest BCUT2D eigenvalue weighted by atomic mass is 10.0. The molecule has 0 N–H and O–H groups in total. The molecule has 1 aromatic carbocycles. The third kappa shape index (κ3) is 2.52. The van der Waals surface area contributed by atoms with Gasteiger partial charge < -0.3 is 4.90 Å². The zero-order chi connectivity index (χ0) is 15.0. The first-order chi connectivity index (χ1) is 10.0. The predicted octanol–water partition coefficient (Wildman–Crippen LogP) is 2.24. The molecule has 0 aromatic heterocycles. The zero-order valence-electron chi connectivity index (χ0n) is 11.8. The van der Waals surface area contributed by atoms with Crippen molar-refractivity contribution in [3.63, 3.8) is 0 Å². The van der Waals surface area contributed by atoms with Gasteiger partial charge in [0.25, 0.3) is 0 Å². The number of benzene rings is 1. The van der Waals surface area contributed by atoms with Crippen LogP contribution in [0.4, 0.5) is 10.1 Å². The number of hydrogen-bond acceptors (Lipinski definition) is 3. The second-order valence-corrected chi connectivity index (χ2v) is 6.78. The summed E-state index contributed by atoms with van der Waals surface area (Å²) in [7, 11) is 0. The summed E-state index contributed by atoms with van der Waals surface area (Å²) >= 11 is 1.64. The fraction of sp³-hybridized carbons (Fsp3) is 0.467. The van der Waals surface area contributed by atoms with Crippen LogP contribution < -0.4 is 4.90 Å². The molecule has 4 nitrogen and oxygen atoms in total. The Morgan fingerprint density at radius 3 is 2.43 bits per heavy atom. The van der Waals surface area contributed by atoms with Crippen LogP contribution in [0.3, 0.4) is 0 Å². The first-order valence-corrected chi connectivity index (χ1v) is 7.98. The van der Waals surface area contributed by atoms with Gasteiger partial charge in [0.2, 0.25) is 11.8 Å². The van der Waals surface area contributed by atoms with E-state index in [1.165, 1.54) is 12.1 Å². The lowest BCUT2D eigenvalue weighted by Crippen LogP contribution is -2.52. The Balaban J connectivity index is 1.86. The molecular weight excluding hydrogens is 291 g/mol. The van der Waals surface area contributed by atoms with E-state index in [2.05, 4.69) is 0 Å². The quantitative estimate of drug-likeness (QED) is 0.799. The highest BCUT2D eigenvalue weighted by molar-refractivity contribution is 8.02. The van der Waals surface area contributed by atoms with E-state index in [1.54, 1.807) is 35.7 Å². The van der Waals surface area contributed by atoms with Crippen molar-refractivity contribution >= 4 is 29.3 Å². The number of halogens is 1. The first-order valence-electron chi connectivity index (χ1n) is 7.00. The largest absolute Gasteiger partial charge is 0.343 e. The van der Waals surface area contributed by atoms with Gasteiger partial charge in [-0.15, -0.1) is 11.8 Å². The van der Waals surface area contributed by atoms with E-state index >= 15 is 0 Å². The molecule has 1 aromatic rings. The molecule has 6 heteroatoms. The van der Waals surface area contributed by atoms with Gasteiger partial charge in [0.1, 0.15) is 5.82 Å². The Labute approximate surface area is 127 Å². The average Bonchev–Trinajstić information content (AvgIpc) is 2.78. The number of piperidine rings is 1. The van der Waals surface area contributed by atoms with Gasteiger partial charge in [-0.2, -0.15) is 0 Å². The number of carbonyl (C=O) groups excluding carboxylic acids is 2. The van der Waals surface area contributed by atoms with E-state index < -0.39 is 0 Å². The van der Waals surface area contributed by atoms with E-state index in [9.17, 15) is 14.0 Å². The molecule has 2 aliphatic heterocycles. The molecule has 0 bridgehead atoms. The Kier molecular flexibility index (Phi) is 3.65. The summed E-state index contributed by atoms with van der Waals surface area (Å²) in [5, 5.41) is 0. The van der Waals surface area contributed by atoms with Crippen LogP contribution in [0.5, 0.6) is 0 Å². The molecule has 2 aliphatic rings. The van der Waals surface area contributed by atoms with Crippen LogP contribution >= 0.6 is 11.8 Å². The van der Waals surface area contributed by atoms with Gasteiger partial charge in [-0.3, -0.25) is 14.5 Å². The van der Waals surface area contributed by atoms with Crippen LogP contribution in [0.15, 0.2) is 24.3 Å². The lowest BCUT2D eigenvalue weighted by Gasteiger charge is -2.43. The van der Waals surface area contributed by atoms with Crippen molar-refractivity contribution in [1.29, 1.82) is 0 Å². The van der Waals surface area contributed by atoms with Crippen LogP contribution in [-0.4, -0.2) is 40.4 Å². The van der Waals surface area contributed by atoms with Gasteiger partial charge in [0.05, 0.1) is 10.6 Å². The summed E-state index contributed by atoms with van der Waals surface area (Å²) in [4.78, 5) is 27.1.